The van der Waals surface area contributed by atoms with Crippen molar-refractivity contribution in [2.24, 2.45) is 0 Å². The minimum atomic E-state index is -0.953. The van der Waals surface area contributed by atoms with Crippen LogP contribution in [-0.4, -0.2) is 73.0 Å². The lowest BCUT2D eigenvalue weighted by Crippen LogP contribution is -2.45. The molecule has 216 valence electrons. The number of hydrogen-bond donors (Lipinski definition) is 1. The number of likely N-dealkylation sites (tertiary alicyclic amines) is 1. The molecule has 14 heteroatoms. The van der Waals surface area contributed by atoms with Crippen LogP contribution in [0, 0.1) is 12.7 Å². The molecule has 1 aliphatic carbocycles. The molecular formula is C27H29FN6O6S. The first-order valence-electron chi connectivity index (χ1n) is 13.2. The maximum Gasteiger partial charge on any atom is 0.332 e. The minimum absolute atomic E-state index is 0.106. The summed E-state index contributed by atoms with van der Waals surface area (Å²) < 4.78 is 28.8. The fourth-order valence-electron chi connectivity index (χ4n) is 5.56. The highest BCUT2D eigenvalue weighted by atomic mass is 32.1. The van der Waals surface area contributed by atoms with E-state index in [1.54, 1.807) is 14.0 Å². The molecule has 2 fully saturated rings. The van der Waals surface area contributed by atoms with Crippen LogP contribution in [0.2, 0.25) is 0 Å². The number of fused-ring (bicyclic) bond motifs is 1. The van der Waals surface area contributed by atoms with E-state index in [0.29, 0.717) is 52.5 Å². The molecule has 4 aromatic rings. The maximum absolute atomic E-state index is 14.5. The second kappa shape index (κ2) is 10.5. The monoisotopic (exact) mass is 584 g/mol. The average Bonchev–Trinajstić information content (AvgIpc) is 3.66. The number of nitrogens with zero attached hydrogens (tertiary/aromatic N) is 6. The number of aryl methyl sites for hydroxylation is 1. The van der Waals surface area contributed by atoms with Crippen LogP contribution < -0.4 is 16.0 Å². The zero-order chi connectivity index (χ0) is 29.0. The van der Waals surface area contributed by atoms with E-state index < -0.39 is 35.3 Å². The quantitative estimate of drug-likeness (QED) is 0.332. The number of thiophene rings is 1. The minimum Gasteiger partial charge on any atom is -0.496 e. The summed E-state index contributed by atoms with van der Waals surface area (Å²) in [4.78, 5) is 44.4. The number of ether oxygens (including phenoxy) is 2. The molecule has 3 aromatic heterocycles. The number of aliphatic hydroxyl groups excluding tert-OH is 1. The standard InChI is InChI=1S/C27H29FN6O6S/c1-14-22-24(37)33(19-6-9-31(2)23(19)36)27(38)32(26(22)41-25(14)34-29-7-8-30-34)13-21(40-17-11-16(35)12-17)18-10-15(28)4-5-20(18)39-3/h4-5,7-8,10,16-17,19,21,35H,6,9,11-13H2,1-3H3/t16-,17+,19-,21+/m1/s1. The second-order valence-electron chi connectivity index (χ2n) is 10.4. The van der Waals surface area contributed by atoms with Gasteiger partial charge in [-0.2, -0.15) is 10.2 Å². The van der Waals surface area contributed by atoms with Crippen molar-refractivity contribution in [1.82, 2.24) is 29.0 Å². The number of methoxy groups -OCH3 is 1. The van der Waals surface area contributed by atoms with Crippen LogP contribution in [0.15, 0.2) is 40.2 Å². The Balaban J connectivity index is 1.57. The molecule has 0 bridgehead atoms. The molecule has 1 aromatic carbocycles. The summed E-state index contributed by atoms with van der Waals surface area (Å²) in [6.45, 7) is 2.05. The van der Waals surface area contributed by atoms with E-state index >= 15 is 0 Å². The average molecular weight is 585 g/mol. The van der Waals surface area contributed by atoms with Gasteiger partial charge in [-0.05, 0) is 44.4 Å². The van der Waals surface area contributed by atoms with Crippen LogP contribution in [-0.2, 0) is 16.1 Å². The van der Waals surface area contributed by atoms with E-state index in [0.717, 1.165) is 4.57 Å². The van der Waals surface area contributed by atoms with Crippen LogP contribution >= 0.6 is 11.3 Å². The molecule has 1 saturated heterocycles. The smallest absolute Gasteiger partial charge is 0.332 e. The Morgan fingerprint density at radius 1 is 1.20 bits per heavy atom. The first-order valence-corrected chi connectivity index (χ1v) is 14.1. The summed E-state index contributed by atoms with van der Waals surface area (Å²) >= 11 is 1.17. The molecule has 0 unspecified atom stereocenters. The van der Waals surface area contributed by atoms with Gasteiger partial charge in [-0.3, -0.25) is 14.2 Å². The molecule has 6 rings (SSSR count). The van der Waals surface area contributed by atoms with Crippen molar-refractivity contribution in [3.8, 4) is 10.8 Å². The number of halogens is 1. The number of benzene rings is 1. The predicted molar refractivity (Wildman–Crippen MR) is 147 cm³/mol. The van der Waals surface area contributed by atoms with E-state index in [4.69, 9.17) is 9.47 Å². The lowest BCUT2D eigenvalue weighted by molar-refractivity contribution is -0.129. The summed E-state index contributed by atoms with van der Waals surface area (Å²) in [5.74, 6) is -0.464. The van der Waals surface area contributed by atoms with Gasteiger partial charge in [0.2, 0.25) is 5.91 Å². The highest BCUT2D eigenvalue weighted by Crippen LogP contribution is 2.37. The first kappa shape index (κ1) is 27.3. The molecule has 4 heterocycles. The van der Waals surface area contributed by atoms with Crippen molar-refractivity contribution >= 4 is 27.5 Å². The van der Waals surface area contributed by atoms with Crippen molar-refractivity contribution in [2.45, 2.75) is 57.1 Å². The number of rotatable bonds is 8. The van der Waals surface area contributed by atoms with E-state index in [1.165, 1.54) is 63.3 Å². The molecule has 1 aliphatic heterocycles. The van der Waals surface area contributed by atoms with Crippen LogP contribution in [0.4, 0.5) is 4.39 Å². The van der Waals surface area contributed by atoms with Crippen LogP contribution in [0.1, 0.15) is 42.5 Å². The van der Waals surface area contributed by atoms with Gasteiger partial charge in [0.15, 0.2) is 0 Å². The van der Waals surface area contributed by atoms with Crippen LogP contribution in [0.5, 0.6) is 5.75 Å². The Morgan fingerprint density at radius 3 is 2.56 bits per heavy atom. The summed E-state index contributed by atoms with van der Waals surface area (Å²) in [5, 5.41) is 19.1. The highest BCUT2D eigenvalue weighted by Gasteiger charge is 2.36. The molecule has 1 saturated carbocycles. The lowest BCUT2D eigenvalue weighted by Gasteiger charge is -2.35. The van der Waals surface area contributed by atoms with Crippen molar-refractivity contribution in [3.05, 3.63) is 68.4 Å². The van der Waals surface area contributed by atoms with Gasteiger partial charge in [-0.25, -0.2) is 13.8 Å². The third-order valence-corrected chi connectivity index (χ3v) is 9.12. The van der Waals surface area contributed by atoms with Crippen molar-refractivity contribution in [3.63, 3.8) is 0 Å². The number of aromatic nitrogens is 5. The number of amides is 1. The molecule has 0 radical (unpaired) electrons. The highest BCUT2D eigenvalue weighted by molar-refractivity contribution is 7.21. The number of hydrogen-bond acceptors (Lipinski definition) is 9. The summed E-state index contributed by atoms with van der Waals surface area (Å²) in [7, 11) is 3.09. The van der Waals surface area contributed by atoms with Gasteiger partial charge in [0.05, 0.1) is 43.6 Å². The largest absolute Gasteiger partial charge is 0.496 e. The molecule has 41 heavy (non-hydrogen) atoms. The zero-order valence-corrected chi connectivity index (χ0v) is 23.5. The Kier molecular flexibility index (Phi) is 6.99. The molecule has 2 atom stereocenters. The third-order valence-electron chi connectivity index (χ3n) is 7.84. The lowest BCUT2D eigenvalue weighted by atomic mass is 9.92. The van der Waals surface area contributed by atoms with Gasteiger partial charge in [0.1, 0.15) is 33.5 Å². The van der Waals surface area contributed by atoms with Gasteiger partial charge in [-0.1, -0.05) is 11.3 Å². The van der Waals surface area contributed by atoms with Crippen molar-refractivity contribution in [2.75, 3.05) is 20.7 Å². The topological polar surface area (TPSA) is 134 Å². The van der Waals surface area contributed by atoms with Gasteiger partial charge in [0, 0.05) is 24.7 Å². The Bertz CT molecular complexity index is 1740. The Hall–Kier alpha value is -3.88. The van der Waals surface area contributed by atoms with Gasteiger partial charge >= 0.3 is 5.69 Å². The summed E-state index contributed by atoms with van der Waals surface area (Å²) in [6.07, 6.45) is 2.43. The first-order chi connectivity index (χ1) is 19.7. The zero-order valence-electron chi connectivity index (χ0n) is 22.7. The van der Waals surface area contributed by atoms with Gasteiger partial charge < -0.3 is 19.5 Å². The fraction of sp³-hybridized carbons (Fsp3) is 0.444. The molecule has 1 N–H and O–H groups in total. The SMILES string of the molecule is COc1ccc(F)cc1[C@H](Cn1c(=O)n([C@@H]2CCN(C)C2=O)c(=O)c2c(C)c(-n3nccn3)sc21)O[C@H]1C[C@@H](O)C1. The molecule has 0 spiro atoms. The van der Waals surface area contributed by atoms with E-state index in [1.807, 2.05) is 0 Å². The van der Waals surface area contributed by atoms with Gasteiger partial charge in [-0.15, -0.1) is 4.80 Å². The Morgan fingerprint density at radius 2 is 1.93 bits per heavy atom. The number of aliphatic hydroxyl groups is 1. The number of carbonyl (C=O) groups is 1. The summed E-state index contributed by atoms with van der Waals surface area (Å²) in [5.41, 5.74) is -0.291. The second-order valence-corrected chi connectivity index (χ2v) is 11.4. The third kappa shape index (κ3) is 4.65. The van der Waals surface area contributed by atoms with Crippen molar-refractivity contribution < 1.29 is 23.8 Å². The molecular weight excluding hydrogens is 555 g/mol. The Labute approximate surface area is 237 Å². The van der Waals surface area contributed by atoms with Crippen LogP contribution in [0.25, 0.3) is 15.2 Å². The van der Waals surface area contributed by atoms with E-state index in [2.05, 4.69) is 10.2 Å². The molecule has 2 aliphatic rings. The number of carbonyl (C=O) groups excluding carboxylic acids is 1. The molecule has 12 nitrogen and oxygen atoms in total. The summed E-state index contributed by atoms with van der Waals surface area (Å²) in [6, 6.07) is 3.10. The normalized spacial score (nSPS) is 21.4. The fourth-order valence-corrected chi connectivity index (χ4v) is 6.78. The van der Waals surface area contributed by atoms with Gasteiger partial charge in [0.25, 0.3) is 5.56 Å². The molecule has 1 amide bonds. The van der Waals surface area contributed by atoms with Crippen LogP contribution in [0.3, 0.4) is 0 Å². The van der Waals surface area contributed by atoms with E-state index in [-0.39, 0.29) is 23.9 Å². The maximum atomic E-state index is 14.5. The van der Waals surface area contributed by atoms with E-state index in [9.17, 15) is 23.9 Å². The number of likely N-dealkylation sites (N-methyl/N-ethyl adjacent to an activating group) is 1. The predicted octanol–water partition coefficient (Wildman–Crippen LogP) is 1.95. The van der Waals surface area contributed by atoms with Crippen molar-refractivity contribution in [1.29, 1.82) is 0 Å².